The summed E-state index contributed by atoms with van der Waals surface area (Å²) in [4.78, 5) is 0.125. The lowest BCUT2D eigenvalue weighted by atomic mass is 9.47. The fraction of sp³-hybridized carbons (Fsp3) is 0.676. The van der Waals surface area contributed by atoms with Crippen LogP contribution in [0.15, 0.2) is 34.1 Å². The molecule has 8 fully saturated rings. The molecule has 0 heterocycles. The monoisotopic (exact) mass is 649 g/mol. The average Bonchev–Trinajstić information content (AvgIpc) is 2.96. The van der Waals surface area contributed by atoms with E-state index < -0.39 is 20.2 Å². The molecular weight excluding hydrogens is 605 g/mol. The Kier molecular flexibility index (Phi) is 6.38. The largest absolute Gasteiger partial charge is 0.744 e. The Morgan fingerprint density at radius 1 is 0.667 bits per heavy atom. The van der Waals surface area contributed by atoms with Gasteiger partial charge in [0, 0.05) is 5.56 Å². The van der Waals surface area contributed by atoms with Gasteiger partial charge in [-0.3, -0.25) is 0 Å². The molecule has 8 saturated carbocycles. The maximum atomic E-state index is 14.8. The molecule has 0 atom stereocenters. The van der Waals surface area contributed by atoms with Gasteiger partial charge in [-0.15, -0.1) is 0 Å². The van der Waals surface area contributed by atoms with E-state index in [-0.39, 0.29) is 21.5 Å². The molecule has 45 heavy (non-hydrogen) atoms. The van der Waals surface area contributed by atoms with Gasteiger partial charge in [0.15, 0.2) is 0 Å². The van der Waals surface area contributed by atoms with Crippen molar-refractivity contribution in [3.63, 3.8) is 0 Å². The molecule has 8 bridgehead atoms. The minimum absolute atomic E-state index is 0.0538. The molecule has 9 aliphatic rings. The highest BCUT2D eigenvalue weighted by Crippen LogP contribution is 2.63. The second-order valence-corrected chi connectivity index (χ2v) is 19.6. The Morgan fingerprint density at radius 3 is 1.67 bits per heavy atom. The number of hydrogen-bond acceptors (Lipinski definition) is 6. The van der Waals surface area contributed by atoms with Gasteiger partial charge >= 0.3 is 10.1 Å². The van der Waals surface area contributed by atoms with Gasteiger partial charge < -0.3 is 8.74 Å². The Bertz CT molecular complexity index is 1740. The summed E-state index contributed by atoms with van der Waals surface area (Å²) >= 11 is 0. The van der Waals surface area contributed by atoms with Crippen molar-refractivity contribution < 1.29 is 25.6 Å². The maximum absolute atomic E-state index is 14.8. The predicted octanol–water partition coefficient (Wildman–Crippen LogP) is 7.48. The summed E-state index contributed by atoms with van der Waals surface area (Å²) in [7, 11) is -8.96. The normalized spacial score (nSPS) is 38.0. The van der Waals surface area contributed by atoms with Crippen LogP contribution < -0.4 is 4.18 Å². The molecule has 0 amide bonds. The average molecular weight is 650 g/mol. The van der Waals surface area contributed by atoms with Gasteiger partial charge in [-0.2, -0.15) is 8.42 Å². The fourth-order valence-electron chi connectivity index (χ4n) is 12.9. The van der Waals surface area contributed by atoms with Crippen LogP contribution >= 0.6 is 0 Å². The molecule has 0 radical (unpaired) electrons. The van der Waals surface area contributed by atoms with Gasteiger partial charge in [0.25, 0.3) is 0 Å². The summed E-state index contributed by atoms with van der Waals surface area (Å²) in [5.74, 6) is 4.50. The molecule has 0 aromatic heterocycles. The van der Waals surface area contributed by atoms with E-state index in [1.807, 2.05) is 6.07 Å². The van der Waals surface area contributed by atoms with Gasteiger partial charge in [-0.1, -0.05) is 12.1 Å². The van der Waals surface area contributed by atoms with Crippen molar-refractivity contribution >= 4 is 20.2 Å². The topological polar surface area (TPSA) is 101 Å². The lowest BCUT2D eigenvalue weighted by molar-refractivity contribution is -0.00808. The Balaban J connectivity index is 1.19. The van der Waals surface area contributed by atoms with E-state index in [2.05, 4.69) is 12.1 Å². The zero-order valence-corrected chi connectivity index (χ0v) is 28.0. The number of hydrogen-bond donors (Lipinski definition) is 0. The van der Waals surface area contributed by atoms with E-state index in [9.17, 15) is 21.4 Å². The first-order valence-electron chi connectivity index (χ1n) is 17.6. The van der Waals surface area contributed by atoms with Crippen LogP contribution in [0.5, 0.6) is 5.75 Å². The number of rotatable bonds is 6. The molecule has 9 aliphatic carbocycles. The summed E-state index contributed by atoms with van der Waals surface area (Å²) in [5.41, 5.74) is 3.48. The molecule has 0 saturated heterocycles. The molecule has 2 aromatic carbocycles. The minimum Gasteiger partial charge on any atom is -0.744 e. The minimum atomic E-state index is -4.70. The molecule has 2 aromatic rings. The molecule has 0 N–H and O–H groups in total. The summed E-state index contributed by atoms with van der Waals surface area (Å²) < 4.78 is 72.5. The van der Waals surface area contributed by atoms with E-state index in [1.54, 1.807) is 6.92 Å². The van der Waals surface area contributed by atoms with Crippen LogP contribution in [-0.2, 0) is 43.9 Å². The molecule has 242 valence electrons. The highest BCUT2D eigenvalue weighted by Gasteiger charge is 2.55. The summed E-state index contributed by atoms with van der Waals surface area (Å²) in [6.07, 6.45) is 17.0. The smallest absolute Gasteiger partial charge is 0.339 e. The van der Waals surface area contributed by atoms with Crippen molar-refractivity contribution in [2.24, 2.45) is 35.5 Å². The van der Waals surface area contributed by atoms with E-state index in [0.29, 0.717) is 52.2 Å². The fourth-order valence-corrected chi connectivity index (χ4v) is 15.1. The first kappa shape index (κ1) is 29.3. The first-order chi connectivity index (χ1) is 21.4. The zero-order chi connectivity index (χ0) is 30.9. The predicted molar refractivity (Wildman–Crippen MR) is 170 cm³/mol. The van der Waals surface area contributed by atoms with Crippen molar-refractivity contribution in [3.05, 3.63) is 52.1 Å². The van der Waals surface area contributed by atoms with Crippen LogP contribution in [0.3, 0.4) is 0 Å². The number of fused-ring (bicyclic) bond motifs is 1. The lowest BCUT2D eigenvalue weighted by Gasteiger charge is -2.58. The molecule has 0 unspecified atom stereocenters. The lowest BCUT2D eigenvalue weighted by Crippen LogP contribution is -2.50. The summed E-state index contributed by atoms with van der Waals surface area (Å²) in [6.45, 7) is 1.67. The SMILES string of the molecule is Cc1cc(S(=O)(=O)[O-])c2c(c1OS(=O)(=O)c1cc(C34CC5CC(CC(C5)C3)C4)ccc1C13CC4CC(CC(C4)C1)C3)CCCC2. The van der Waals surface area contributed by atoms with E-state index in [4.69, 9.17) is 4.18 Å². The summed E-state index contributed by atoms with van der Waals surface area (Å²) in [5, 5.41) is 0. The van der Waals surface area contributed by atoms with Crippen molar-refractivity contribution in [1.29, 1.82) is 0 Å². The van der Waals surface area contributed by atoms with Gasteiger partial charge in [-0.05, 0) is 190 Å². The van der Waals surface area contributed by atoms with E-state index >= 15 is 0 Å². The van der Waals surface area contributed by atoms with E-state index in [0.717, 1.165) is 74.7 Å². The van der Waals surface area contributed by atoms with Gasteiger partial charge in [0.05, 0.1) is 4.90 Å². The Labute approximate surface area is 268 Å². The molecule has 6 nitrogen and oxygen atoms in total. The van der Waals surface area contributed by atoms with Crippen LogP contribution in [-0.4, -0.2) is 21.4 Å². The second-order valence-electron chi connectivity index (χ2n) is 16.8. The van der Waals surface area contributed by atoms with Crippen LogP contribution in [0.2, 0.25) is 0 Å². The number of benzene rings is 2. The van der Waals surface area contributed by atoms with Crippen molar-refractivity contribution in [2.45, 2.75) is 130 Å². The van der Waals surface area contributed by atoms with Crippen LogP contribution in [0.4, 0.5) is 0 Å². The van der Waals surface area contributed by atoms with Crippen molar-refractivity contribution in [1.82, 2.24) is 0 Å². The zero-order valence-electron chi connectivity index (χ0n) is 26.4. The Morgan fingerprint density at radius 2 is 1.16 bits per heavy atom. The molecular formula is C37H45O6S2-. The van der Waals surface area contributed by atoms with Gasteiger partial charge in [-0.25, -0.2) is 8.42 Å². The van der Waals surface area contributed by atoms with Gasteiger partial charge in [0.2, 0.25) is 0 Å². The van der Waals surface area contributed by atoms with Crippen LogP contribution in [0.1, 0.15) is 118 Å². The maximum Gasteiger partial charge on any atom is 0.339 e. The molecule has 11 rings (SSSR count). The standard InChI is InChI=1S/C37H46O6S2/c1-22-8-33(44(38,39)40)30-4-2-3-5-31(30)35(22)43-45(41,42)34-15-29(36-16-23-9-24(17-36)11-25(10-23)18-36)6-7-32(34)37-19-26-12-27(20-37)14-28(13-26)21-37/h6-8,15,23-28H,2-5,9-14,16-21H2,1H3,(H,38,39,40)/p-1. The quantitative estimate of drug-likeness (QED) is 0.238. The summed E-state index contributed by atoms with van der Waals surface area (Å²) in [6, 6.07) is 7.88. The van der Waals surface area contributed by atoms with Crippen molar-refractivity contribution in [3.8, 4) is 5.75 Å². The first-order valence-corrected chi connectivity index (χ1v) is 20.4. The highest BCUT2D eigenvalue weighted by molar-refractivity contribution is 7.87. The highest BCUT2D eigenvalue weighted by atomic mass is 32.2. The van der Waals surface area contributed by atoms with Crippen LogP contribution in [0.25, 0.3) is 0 Å². The number of aryl methyl sites for hydroxylation is 1. The Hall–Kier alpha value is -1.90. The van der Waals surface area contributed by atoms with Gasteiger partial charge in [0.1, 0.15) is 20.8 Å². The third kappa shape index (κ3) is 4.62. The molecule has 0 spiro atoms. The van der Waals surface area contributed by atoms with Crippen LogP contribution in [0, 0.1) is 42.4 Å². The second kappa shape index (κ2) is 9.82. The van der Waals surface area contributed by atoms with E-state index in [1.165, 1.54) is 50.2 Å². The molecule has 8 heteroatoms. The third-order valence-corrected chi connectivity index (χ3v) is 15.9. The molecule has 0 aliphatic heterocycles. The van der Waals surface area contributed by atoms with Crippen molar-refractivity contribution in [2.75, 3.05) is 0 Å². The third-order valence-electron chi connectivity index (χ3n) is 13.7.